The second-order valence-electron chi connectivity index (χ2n) is 7.73. The van der Waals surface area contributed by atoms with Crippen LogP contribution < -0.4 is 20.9 Å². The van der Waals surface area contributed by atoms with Gasteiger partial charge in [-0.2, -0.15) is 0 Å². The Morgan fingerprint density at radius 3 is 2.63 bits per heavy atom. The highest BCUT2D eigenvalue weighted by molar-refractivity contribution is 5.75. The Bertz CT molecular complexity index is 961. The van der Waals surface area contributed by atoms with Gasteiger partial charge >= 0.3 is 0 Å². The van der Waals surface area contributed by atoms with Crippen molar-refractivity contribution in [2.24, 2.45) is 0 Å². The number of nitrogens with zero attached hydrogens (tertiary/aromatic N) is 6. The van der Waals surface area contributed by atoms with Crippen molar-refractivity contribution in [1.82, 2.24) is 19.5 Å². The molecule has 0 radical (unpaired) electrons. The predicted octanol–water partition coefficient (Wildman–Crippen LogP) is 2.70. The minimum absolute atomic E-state index is 0.625. The molecule has 0 aliphatic carbocycles. The van der Waals surface area contributed by atoms with Crippen molar-refractivity contribution in [2.45, 2.75) is 26.8 Å². The van der Waals surface area contributed by atoms with E-state index < -0.39 is 0 Å². The van der Waals surface area contributed by atoms with Crippen LogP contribution >= 0.6 is 0 Å². The monoisotopic (exact) mass is 406 g/mol. The quantitative estimate of drug-likeness (QED) is 0.583. The first-order valence-corrected chi connectivity index (χ1v) is 10.5. The van der Waals surface area contributed by atoms with E-state index >= 15 is 0 Å². The molecule has 8 nitrogen and oxygen atoms in total. The summed E-state index contributed by atoms with van der Waals surface area (Å²) in [6, 6.07) is 6.51. The number of rotatable bonds is 7. The van der Waals surface area contributed by atoms with Crippen molar-refractivity contribution in [3.05, 3.63) is 54.4 Å². The maximum atomic E-state index is 6.42. The van der Waals surface area contributed by atoms with E-state index in [9.17, 15) is 0 Å². The van der Waals surface area contributed by atoms with Crippen LogP contribution in [0.3, 0.4) is 0 Å². The Hall–Kier alpha value is -3.29. The molecule has 1 aliphatic heterocycles. The normalized spacial score (nSPS) is 14.2. The van der Waals surface area contributed by atoms with E-state index in [1.165, 1.54) is 16.8 Å². The fourth-order valence-electron chi connectivity index (χ4n) is 3.90. The molecule has 3 heterocycles. The number of nitrogens with two attached hydrogens (primary N) is 1. The van der Waals surface area contributed by atoms with E-state index in [1.54, 1.807) is 12.5 Å². The summed E-state index contributed by atoms with van der Waals surface area (Å²) in [6.07, 6.45) is 8.15. The highest BCUT2D eigenvalue weighted by Gasteiger charge is 2.22. The van der Waals surface area contributed by atoms with E-state index in [0.717, 1.165) is 51.5 Å². The molecule has 8 heteroatoms. The standard InChI is InChI=1S/C22H30N8/c1-17-5-3-6-19(18(17)2)29-11-13-30(14-12-29)22-20(23)21(26-15-27-22)25-7-4-9-28-10-8-24-16-28/h3,5-6,8,10,15-16H,4,7,9,11-14,23H2,1-2H3,(H,25,26,27). The van der Waals surface area contributed by atoms with Gasteiger partial charge in [-0.3, -0.25) is 0 Å². The molecule has 0 amide bonds. The van der Waals surface area contributed by atoms with Crippen molar-refractivity contribution in [1.29, 1.82) is 0 Å². The molecular weight excluding hydrogens is 376 g/mol. The summed E-state index contributed by atoms with van der Waals surface area (Å²) in [6.45, 7) is 9.72. The van der Waals surface area contributed by atoms with Gasteiger partial charge < -0.3 is 25.4 Å². The summed E-state index contributed by atoms with van der Waals surface area (Å²) in [5.74, 6) is 1.53. The minimum atomic E-state index is 0.625. The molecule has 3 aromatic rings. The Morgan fingerprint density at radius 1 is 1.07 bits per heavy atom. The number of anilines is 4. The van der Waals surface area contributed by atoms with Crippen molar-refractivity contribution >= 4 is 23.0 Å². The Kier molecular flexibility index (Phi) is 6.02. The predicted molar refractivity (Wildman–Crippen MR) is 122 cm³/mol. The van der Waals surface area contributed by atoms with Gasteiger partial charge in [0.15, 0.2) is 11.6 Å². The SMILES string of the molecule is Cc1cccc(N2CCN(c3ncnc(NCCCn4ccnc4)c3N)CC2)c1C. The molecule has 158 valence electrons. The van der Waals surface area contributed by atoms with Gasteiger partial charge in [0.05, 0.1) is 6.33 Å². The van der Waals surface area contributed by atoms with E-state index in [4.69, 9.17) is 5.73 Å². The summed E-state index contributed by atoms with van der Waals surface area (Å²) in [7, 11) is 0. The molecule has 3 N–H and O–H groups in total. The van der Waals surface area contributed by atoms with Gasteiger partial charge in [-0.1, -0.05) is 12.1 Å². The van der Waals surface area contributed by atoms with Crippen molar-refractivity contribution in [3.8, 4) is 0 Å². The third-order valence-corrected chi connectivity index (χ3v) is 5.80. The van der Waals surface area contributed by atoms with Crippen molar-refractivity contribution < 1.29 is 0 Å². The Labute approximate surface area is 177 Å². The van der Waals surface area contributed by atoms with Gasteiger partial charge in [-0.05, 0) is 37.5 Å². The highest BCUT2D eigenvalue weighted by atomic mass is 15.3. The second kappa shape index (κ2) is 9.02. The maximum absolute atomic E-state index is 6.42. The molecule has 1 aliphatic rings. The van der Waals surface area contributed by atoms with Crippen LogP contribution in [0, 0.1) is 13.8 Å². The lowest BCUT2D eigenvalue weighted by molar-refractivity contribution is 0.646. The third kappa shape index (κ3) is 4.32. The van der Waals surface area contributed by atoms with Gasteiger partial charge in [-0.15, -0.1) is 0 Å². The molecule has 1 aromatic carbocycles. The van der Waals surface area contributed by atoms with E-state index in [-0.39, 0.29) is 0 Å². The lowest BCUT2D eigenvalue weighted by Gasteiger charge is -2.38. The zero-order chi connectivity index (χ0) is 20.9. The van der Waals surface area contributed by atoms with Crippen LogP contribution in [0.25, 0.3) is 0 Å². The lowest BCUT2D eigenvalue weighted by Crippen LogP contribution is -2.47. The number of aromatic nitrogens is 4. The fraction of sp³-hybridized carbons (Fsp3) is 0.409. The summed E-state index contributed by atoms with van der Waals surface area (Å²) >= 11 is 0. The van der Waals surface area contributed by atoms with Crippen molar-refractivity contribution in [3.63, 3.8) is 0 Å². The van der Waals surface area contributed by atoms with Crippen LogP contribution in [-0.4, -0.2) is 52.2 Å². The molecule has 0 unspecified atom stereocenters. The first-order chi connectivity index (χ1) is 14.6. The van der Waals surface area contributed by atoms with Crippen LogP contribution in [-0.2, 0) is 6.54 Å². The molecule has 0 atom stereocenters. The number of piperazine rings is 1. The average Bonchev–Trinajstić information content (AvgIpc) is 3.28. The zero-order valence-corrected chi connectivity index (χ0v) is 17.8. The number of aryl methyl sites for hydroxylation is 2. The Morgan fingerprint density at radius 2 is 1.87 bits per heavy atom. The average molecular weight is 407 g/mol. The molecule has 2 aromatic heterocycles. The smallest absolute Gasteiger partial charge is 0.157 e. The molecular formula is C22H30N8. The van der Waals surface area contributed by atoms with Gasteiger partial charge in [0.2, 0.25) is 0 Å². The largest absolute Gasteiger partial charge is 0.393 e. The topological polar surface area (TPSA) is 88.1 Å². The number of benzene rings is 1. The first kappa shape index (κ1) is 20.0. The zero-order valence-electron chi connectivity index (χ0n) is 17.8. The molecule has 0 bridgehead atoms. The summed E-state index contributed by atoms with van der Waals surface area (Å²) < 4.78 is 2.06. The van der Waals surface area contributed by atoms with Crippen LogP contribution in [0.2, 0.25) is 0 Å². The highest BCUT2D eigenvalue weighted by Crippen LogP contribution is 2.29. The van der Waals surface area contributed by atoms with Gasteiger partial charge in [0.25, 0.3) is 0 Å². The first-order valence-electron chi connectivity index (χ1n) is 10.5. The number of nitrogens with one attached hydrogen (secondary N) is 1. The van der Waals surface area contributed by atoms with Gasteiger partial charge in [0.1, 0.15) is 12.0 Å². The summed E-state index contributed by atoms with van der Waals surface area (Å²) in [4.78, 5) is 17.6. The lowest BCUT2D eigenvalue weighted by atomic mass is 10.1. The van der Waals surface area contributed by atoms with E-state index in [0.29, 0.717) is 11.5 Å². The molecule has 0 saturated carbocycles. The minimum Gasteiger partial charge on any atom is -0.393 e. The van der Waals surface area contributed by atoms with Crippen molar-refractivity contribution in [2.75, 3.05) is 53.6 Å². The summed E-state index contributed by atoms with van der Waals surface area (Å²) in [5, 5.41) is 3.36. The molecule has 0 spiro atoms. The van der Waals surface area contributed by atoms with E-state index in [2.05, 4.69) is 66.7 Å². The maximum Gasteiger partial charge on any atom is 0.157 e. The van der Waals surface area contributed by atoms with Crippen LogP contribution in [0.1, 0.15) is 17.5 Å². The van der Waals surface area contributed by atoms with E-state index in [1.807, 2.05) is 12.5 Å². The molecule has 1 saturated heterocycles. The van der Waals surface area contributed by atoms with Gasteiger partial charge in [-0.25, -0.2) is 15.0 Å². The number of hydrogen-bond donors (Lipinski definition) is 2. The number of hydrogen-bond acceptors (Lipinski definition) is 7. The van der Waals surface area contributed by atoms with Crippen LogP contribution in [0.15, 0.2) is 43.2 Å². The van der Waals surface area contributed by atoms with Crippen LogP contribution in [0.4, 0.5) is 23.0 Å². The second-order valence-corrected chi connectivity index (χ2v) is 7.73. The molecule has 1 fully saturated rings. The number of imidazole rings is 1. The fourth-order valence-corrected chi connectivity index (χ4v) is 3.90. The molecule has 4 rings (SSSR count). The molecule has 30 heavy (non-hydrogen) atoms. The summed E-state index contributed by atoms with van der Waals surface area (Å²) in [5.41, 5.74) is 11.1. The number of nitrogen functional groups attached to an aromatic ring is 1. The van der Waals surface area contributed by atoms with Gasteiger partial charge in [0, 0.05) is 57.3 Å². The van der Waals surface area contributed by atoms with Crippen LogP contribution in [0.5, 0.6) is 0 Å². The third-order valence-electron chi connectivity index (χ3n) is 5.80. The Balaban J connectivity index is 1.35.